The van der Waals surface area contributed by atoms with Crippen LogP contribution in [0.2, 0.25) is 0 Å². The third-order valence-electron chi connectivity index (χ3n) is 2.99. The molecule has 1 aromatic rings. The van der Waals surface area contributed by atoms with Crippen molar-refractivity contribution in [3.8, 4) is 0 Å². The molecule has 118 valence electrons. The van der Waals surface area contributed by atoms with E-state index in [1.165, 1.54) is 36.9 Å². The second-order valence-corrected chi connectivity index (χ2v) is 4.70. The number of rotatable bonds is 7. The van der Waals surface area contributed by atoms with Crippen LogP contribution in [-0.2, 0) is 0 Å². The Morgan fingerprint density at radius 3 is 2.29 bits per heavy atom. The first-order valence-corrected chi connectivity index (χ1v) is 6.65. The third-order valence-corrected chi connectivity index (χ3v) is 2.99. The van der Waals surface area contributed by atoms with E-state index < -0.39 is 23.6 Å². The van der Waals surface area contributed by atoms with Gasteiger partial charge in [-0.15, -0.1) is 0 Å². The van der Waals surface area contributed by atoms with Crippen LogP contribution in [0.1, 0.15) is 27.2 Å². The Morgan fingerprint density at radius 1 is 1.29 bits per heavy atom. The molecule has 0 saturated carbocycles. The minimum atomic E-state index is -1.01. The Hall–Kier alpha value is -1.90. The molecule has 0 aliphatic rings. The van der Waals surface area contributed by atoms with Gasteiger partial charge in [-0.2, -0.15) is 0 Å². The fraction of sp³-hybridized carbons (Fsp3) is 0.538. The van der Waals surface area contributed by atoms with E-state index in [4.69, 9.17) is 0 Å². The summed E-state index contributed by atoms with van der Waals surface area (Å²) in [5.41, 5.74) is 0.240. The fourth-order valence-electron chi connectivity index (χ4n) is 1.98. The Labute approximate surface area is 122 Å². The summed E-state index contributed by atoms with van der Waals surface area (Å²) in [6, 6.07) is 4.20. The van der Waals surface area contributed by atoms with E-state index >= 15 is 0 Å². The minimum Gasteiger partial charge on any atom is -0.374 e. The summed E-state index contributed by atoms with van der Waals surface area (Å²) >= 11 is 0. The molecular formula is C13H21N3O5. The second kappa shape index (κ2) is 7.21. The van der Waals surface area contributed by atoms with E-state index in [-0.39, 0.29) is 11.4 Å². The smallest absolute Gasteiger partial charge is 0.294 e. The minimum absolute atomic E-state index is 0.175. The first-order chi connectivity index (χ1) is 9.77. The Morgan fingerprint density at radius 2 is 1.86 bits per heavy atom. The molecule has 0 aliphatic carbocycles. The zero-order valence-electron chi connectivity index (χ0n) is 12.2. The van der Waals surface area contributed by atoms with Crippen molar-refractivity contribution < 1.29 is 20.2 Å². The molecule has 8 heteroatoms. The van der Waals surface area contributed by atoms with Gasteiger partial charge in [0, 0.05) is 11.8 Å². The molecule has 0 spiro atoms. The van der Waals surface area contributed by atoms with E-state index in [2.05, 4.69) is 5.32 Å². The molecule has 0 amide bonds. The molecular weight excluding hydrogens is 278 g/mol. The van der Waals surface area contributed by atoms with Gasteiger partial charge >= 0.3 is 0 Å². The quantitative estimate of drug-likeness (QED) is 0.339. The number of nitrogens with zero attached hydrogens (tertiary/aromatic N) is 2. The van der Waals surface area contributed by atoms with Crippen LogP contribution in [0.4, 0.5) is 17.1 Å². The number of nitrogens with one attached hydrogen (secondary N) is 1. The SMILES string of the molecule is CCC(O)Nc1ccc(N(C(C)O)C(C)O)cc1[N+](=O)[O-]. The van der Waals surface area contributed by atoms with E-state index in [1.54, 1.807) is 6.92 Å². The molecule has 0 saturated heterocycles. The van der Waals surface area contributed by atoms with Crippen molar-refractivity contribution in [2.45, 2.75) is 45.9 Å². The summed E-state index contributed by atoms with van der Waals surface area (Å²) in [6.07, 6.45) is -2.51. The first-order valence-electron chi connectivity index (χ1n) is 6.65. The molecule has 21 heavy (non-hydrogen) atoms. The highest BCUT2D eigenvalue weighted by atomic mass is 16.6. The second-order valence-electron chi connectivity index (χ2n) is 4.70. The van der Waals surface area contributed by atoms with Crippen LogP contribution in [0, 0.1) is 10.1 Å². The van der Waals surface area contributed by atoms with Gasteiger partial charge in [-0.1, -0.05) is 6.92 Å². The average molecular weight is 299 g/mol. The molecule has 8 nitrogen and oxygen atoms in total. The van der Waals surface area contributed by atoms with Crippen molar-refractivity contribution in [2.24, 2.45) is 0 Å². The van der Waals surface area contributed by atoms with E-state index in [1.807, 2.05) is 0 Å². The molecule has 0 bridgehead atoms. The van der Waals surface area contributed by atoms with Crippen LogP contribution in [0.25, 0.3) is 0 Å². The van der Waals surface area contributed by atoms with Gasteiger partial charge in [-0.05, 0) is 32.4 Å². The highest BCUT2D eigenvalue weighted by Gasteiger charge is 2.22. The highest BCUT2D eigenvalue weighted by molar-refractivity contribution is 5.68. The maximum atomic E-state index is 11.1. The van der Waals surface area contributed by atoms with Gasteiger partial charge < -0.3 is 25.5 Å². The largest absolute Gasteiger partial charge is 0.374 e. The molecule has 0 aliphatic heterocycles. The predicted molar refractivity (Wildman–Crippen MR) is 78.9 cm³/mol. The van der Waals surface area contributed by atoms with Crippen LogP contribution in [0.3, 0.4) is 0 Å². The lowest BCUT2D eigenvalue weighted by Crippen LogP contribution is -2.40. The van der Waals surface area contributed by atoms with Crippen molar-refractivity contribution in [3.05, 3.63) is 28.3 Å². The van der Waals surface area contributed by atoms with Gasteiger partial charge in [0.2, 0.25) is 0 Å². The molecule has 0 radical (unpaired) electrons. The number of nitro groups is 1. The lowest BCUT2D eigenvalue weighted by molar-refractivity contribution is -0.384. The third kappa shape index (κ3) is 4.28. The van der Waals surface area contributed by atoms with E-state index in [0.29, 0.717) is 12.1 Å². The standard InChI is InChI=1S/C13H21N3O5/c1-4-13(19)14-11-6-5-10(7-12(11)16(20)21)15(8(2)17)9(3)18/h5-9,13-14,17-19H,4H2,1-3H3. The number of nitro benzene ring substituents is 1. The van der Waals surface area contributed by atoms with Gasteiger partial charge in [0.25, 0.3) is 5.69 Å². The summed E-state index contributed by atoms with van der Waals surface area (Å²) in [5.74, 6) is 0. The summed E-state index contributed by atoms with van der Waals surface area (Å²) < 4.78 is 0. The maximum Gasteiger partial charge on any atom is 0.294 e. The summed E-state index contributed by atoms with van der Waals surface area (Å²) in [6.45, 7) is 4.64. The molecule has 0 fully saturated rings. The number of hydrogen-bond acceptors (Lipinski definition) is 7. The predicted octanol–water partition coefficient (Wildman–Crippen LogP) is 1.22. The summed E-state index contributed by atoms with van der Waals surface area (Å²) in [5, 5.41) is 42.6. The summed E-state index contributed by atoms with van der Waals surface area (Å²) in [4.78, 5) is 11.8. The molecule has 3 atom stereocenters. The van der Waals surface area contributed by atoms with Crippen LogP contribution >= 0.6 is 0 Å². The van der Waals surface area contributed by atoms with Crippen molar-refractivity contribution >= 4 is 17.1 Å². The molecule has 0 heterocycles. The fourth-order valence-corrected chi connectivity index (χ4v) is 1.98. The number of aliphatic hydroxyl groups excluding tert-OH is 3. The van der Waals surface area contributed by atoms with Crippen molar-refractivity contribution in [2.75, 3.05) is 10.2 Å². The Kier molecular flexibility index (Phi) is 5.89. The Bertz CT molecular complexity index is 485. The van der Waals surface area contributed by atoms with Crippen LogP contribution in [0.15, 0.2) is 18.2 Å². The number of benzene rings is 1. The van der Waals surface area contributed by atoms with Gasteiger partial charge in [-0.25, -0.2) is 0 Å². The lowest BCUT2D eigenvalue weighted by Gasteiger charge is -2.30. The number of anilines is 2. The topological polar surface area (TPSA) is 119 Å². The van der Waals surface area contributed by atoms with Gasteiger partial charge in [0.15, 0.2) is 0 Å². The average Bonchev–Trinajstić information content (AvgIpc) is 2.39. The maximum absolute atomic E-state index is 11.1. The molecule has 1 aromatic carbocycles. The summed E-state index contributed by atoms with van der Waals surface area (Å²) in [7, 11) is 0. The zero-order valence-corrected chi connectivity index (χ0v) is 12.2. The monoisotopic (exact) mass is 299 g/mol. The highest BCUT2D eigenvalue weighted by Crippen LogP contribution is 2.31. The van der Waals surface area contributed by atoms with Crippen molar-refractivity contribution in [3.63, 3.8) is 0 Å². The lowest BCUT2D eigenvalue weighted by atomic mass is 10.2. The van der Waals surface area contributed by atoms with Crippen LogP contribution in [-0.4, -0.2) is 38.9 Å². The normalized spacial score (nSPS) is 15.1. The van der Waals surface area contributed by atoms with Gasteiger partial charge in [0.05, 0.1) is 4.92 Å². The van der Waals surface area contributed by atoms with Gasteiger partial charge in [0.1, 0.15) is 24.4 Å². The zero-order chi connectivity index (χ0) is 16.2. The van der Waals surface area contributed by atoms with Gasteiger partial charge in [-0.3, -0.25) is 10.1 Å². The van der Waals surface area contributed by atoms with Crippen LogP contribution in [0.5, 0.6) is 0 Å². The molecule has 0 aromatic heterocycles. The van der Waals surface area contributed by atoms with E-state index in [9.17, 15) is 25.4 Å². The van der Waals surface area contributed by atoms with Crippen LogP contribution < -0.4 is 10.2 Å². The Balaban J connectivity index is 3.22. The molecule has 4 N–H and O–H groups in total. The molecule has 1 rings (SSSR count). The first kappa shape index (κ1) is 17.2. The number of aliphatic hydroxyl groups is 3. The van der Waals surface area contributed by atoms with Crippen molar-refractivity contribution in [1.82, 2.24) is 0 Å². The van der Waals surface area contributed by atoms with Crippen molar-refractivity contribution in [1.29, 1.82) is 0 Å². The number of hydrogen-bond donors (Lipinski definition) is 4. The van der Waals surface area contributed by atoms with E-state index in [0.717, 1.165) is 0 Å². The molecule has 3 unspecified atom stereocenters.